The van der Waals surface area contributed by atoms with E-state index in [9.17, 15) is 0 Å². The third-order valence-corrected chi connectivity index (χ3v) is 11.6. The lowest BCUT2D eigenvalue weighted by Crippen LogP contribution is -2.26. The summed E-state index contributed by atoms with van der Waals surface area (Å²) in [5.74, 6) is 0. The molecule has 3 heteroatoms. The van der Waals surface area contributed by atoms with E-state index in [0.29, 0.717) is 0 Å². The minimum absolute atomic E-state index is 0.608. The molecule has 2 aliphatic carbocycles. The van der Waals surface area contributed by atoms with Crippen molar-refractivity contribution in [1.29, 1.82) is 0 Å². The number of hydrogen-bond donors (Lipinski definition) is 0. The lowest BCUT2D eigenvalue weighted by atomic mass is 9.68. The van der Waals surface area contributed by atoms with Crippen LogP contribution in [0.5, 0.6) is 0 Å². The van der Waals surface area contributed by atoms with Gasteiger partial charge in [-0.05, 0) is 103 Å². The molecule has 0 bridgehead atoms. The first-order chi connectivity index (χ1) is 25.8. The van der Waals surface area contributed by atoms with Gasteiger partial charge < -0.3 is 4.42 Å². The van der Waals surface area contributed by atoms with Crippen molar-refractivity contribution in [3.8, 4) is 44.8 Å². The maximum atomic E-state index is 7.09. The van der Waals surface area contributed by atoms with E-state index in [4.69, 9.17) is 14.4 Å². The molecule has 0 N–H and O–H groups in total. The Balaban J connectivity index is 1.36. The largest absolute Gasteiger partial charge is 0.455 e. The highest BCUT2D eigenvalue weighted by atomic mass is 16.3. The third kappa shape index (κ3) is 3.40. The first-order valence-corrected chi connectivity index (χ1v) is 17.8. The average Bonchev–Trinajstić information content (AvgIpc) is 3.86. The van der Waals surface area contributed by atoms with Gasteiger partial charge in [-0.2, -0.15) is 0 Å². The van der Waals surface area contributed by atoms with E-state index in [1.54, 1.807) is 0 Å². The molecule has 12 rings (SSSR count). The molecule has 3 aromatic heterocycles. The Morgan fingerprint density at radius 1 is 0.423 bits per heavy atom. The lowest BCUT2D eigenvalue weighted by Gasteiger charge is -2.32. The van der Waals surface area contributed by atoms with E-state index in [1.165, 1.54) is 66.1 Å². The Kier molecular flexibility index (Phi) is 5.43. The molecule has 7 aromatic carbocycles. The first-order valence-electron chi connectivity index (χ1n) is 17.8. The van der Waals surface area contributed by atoms with E-state index < -0.39 is 5.41 Å². The number of hydrogen-bond acceptors (Lipinski definition) is 3. The zero-order chi connectivity index (χ0) is 34.0. The zero-order valence-electron chi connectivity index (χ0n) is 28.0. The van der Waals surface area contributed by atoms with Crippen molar-refractivity contribution in [3.63, 3.8) is 0 Å². The molecule has 240 valence electrons. The van der Waals surface area contributed by atoms with Gasteiger partial charge in [0.2, 0.25) is 0 Å². The highest BCUT2D eigenvalue weighted by molar-refractivity contribution is 6.26. The molecule has 0 unspecified atom stereocenters. The van der Waals surface area contributed by atoms with Crippen molar-refractivity contribution in [2.24, 2.45) is 0 Å². The zero-order valence-corrected chi connectivity index (χ0v) is 28.0. The molecular weight excluding hydrogens is 633 g/mol. The molecule has 1 spiro atoms. The van der Waals surface area contributed by atoms with Crippen molar-refractivity contribution >= 4 is 43.5 Å². The van der Waals surface area contributed by atoms with Gasteiger partial charge in [0.15, 0.2) is 0 Å². The molecular formula is C49H28N2O. The number of para-hydroxylation sites is 1. The molecule has 0 fully saturated rings. The summed E-state index contributed by atoms with van der Waals surface area (Å²) in [4.78, 5) is 9.70. The Bertz CT molecular complexity index is 3080. The van der Waals surface area contributed by atoms with Crippen molar-refractivity contribution in [2.45, 2.75) is 5.41 Å². The lowest BCUT2D eigenvalue weighted by molar-refractivity contribution is 0.669. The highest BCUT2D eigenvalue weighted by Crippen LogP contribution is 2.67. The van der Waals surface area contributed by atoms with Crippen molar-refractivity contribution < 1.29 is 4.42 Å². The summed E-state index contributed by atoms with van der Waals surface area (Å²) in [6, 6.07) is 57.1. The maximum absolute atomic E-state index is 7.09. The van der Waals surface area contributed by atoms with Crippen LogP contribution in [0, 0.1) is 0 Å². The number of rotatable bonds is 2. The number of fused-ring (bicyclic) bond motifs is 19. The predicted molar refractivity (Wildman–Crippen MR) is 211 cm³/mol. The summed E-state index contributed by atoms with van der Waals surface area (Å²) in [7, 11) is 0. The number of benzene rings is 7. The second-order valence-electron chi connectivity index (χ2n) is 14.0. The molecule has 0 aliphatic heterocycles. The summed E-state index contributed by atoms with van der Waals surface area (Å²) >= 11 is 0. The molecule has 2 aliphatic rings. The molecule has 0 amide bonds. The second-order valence-corrected chi connectivity index (χ2v) is 14.0. The second kappa shape index (κ2) is 10.1. The Morgan fingerprint density at radius 3 is 1.79 bits per heavy atom. The van der Waals surface area contributed by atoms with Crippen LogP contribution in [0.4, 0.5) is 0 Å². The van der Waals surface area contributed by atoms with E-state index in [1.807, 2.05) is 24.5 Å². The quantitative estimate of drug-likeness (QED) is 0.173. The van der Waals surface area contributed by atoms with Gasteiger partial charge in [0.05, 0.1) is 16.8 Å². The Morgan fingerprint density at radius 2 is 1.06 bits per heavy atom. The molecule has 10 aromatic rings. The third-order valence-electron chi connectivity index (χ3n) is 11.6. The van der Waals surface area contributed by atoms with Gasteiger partial charge in [-0.3, -0.25) is 9.97 Å². The van der Waals surface area contributed by atoms with Crippen LogP contribution in [0.1, 0.15) is 22.3 Å². The van der Waals surface area contributed by atoms with Gasteiger partial charge in [0, 0.05) is 39.9 Å². The monoisotopic (exact) mass is 660 g/mol. The summed E-state index contributed by atoms with van der Waals surface area (Å²) in [5.41, 5.74) is 15.3. The van der Waals surface area contributed by atoms with Gasteiger partial charge in [0.1, 0.15) is 11.2 Å². The summed E-state index contributed by atoms with van der Waals surface area (Å²) in [6.07, 6.45) is 3.76. The standard InChI is InChI=1S/C49H28N2O/c1-2-16-33-30(13-1)36-27-29(41-20-9-11-25-50-41)23-24-34(36)47-45(33)46-40(49(47)38-18-6-3-14-31(38)32-15-4-7-19-39(32)49)28-37(42-21-10-12-26-51-42)44-35-17-5-8-22-43(35)52-48(44)46/h1-28H. The smallest absolute Gasteiger partial charge is 0.144 e. The Hall–Kier alpha value is -6.84. The van der Waals surface area contributed by atoms with Crippen LogP contribution < -0.4 is 0 Å². The summed E-state index contributed by atoms with van der Waals surface area (Å²) < 4.78 is 7.09. The van der Waals surface area contributed by atoms with Crippen LogP contribution in [0.25, 0.3) is 88.3 Å². The molecule has 0 saturated heterocycles. The Labute approximate surface area is 299 Å². The molecule has 0 saturated carbocycles. The SMILES string of the molecule is c1ccc(-c2ccc3c4c(c5ccccc5c3c2)-c2c(cc(-c3ccccn3)c3c2oc2ccccc23)C42c3ccccc3-c3ccccc32)nc1. The van der Waals surface area contributed by atoms with Gasteiger partial charge in [-0.25, -0.2) is 0 Å². The van der Waals surface area contributed by atoms with E-state index in [-0.39, 0.29) is 0 Å². The average molecular weight is 661 g/mol. The number of furan rings is 1. The van der Waals surface area contributed by atoms with Crippen molar-refractivity contribution in [2.75, 3.05) is 0 Å². The van der Waals surface area contributed by atoms with Crippen molar-refractivity contribution in [1.82, 2.24) is 9.97 Å². The summed E-state index contributed by atoms with van der Waals surface area (Å²) in [6.45, 7) is 0. The maximum Gasteiger partial charge on any atom is 0.144 e. The topological polar surface area (TPSA) is 38.9 Å². The minimum atomic E-state index is -0.608. The first kappa shape index (κ1) is 27.9. The van der Waals surface area contributed by atoms with Crippen LogP contribution >= 0.6 is 0 Å². The fourth-order valence-electron chi connectivity index (χ4n) is 9.63. The fraction of sp³-hybridized carbons (Fsp3) is 0.0204. The molecule has 52 heavy (non-hydrogen) atoms. The molecule has 3 nitrogen and oxygen atoms in total. The number of pyridine rings is 2. The van der Waals surface area contributed by atoms with Gasteiger partial charge in [-0.15, -0.1) is 0 Å². The number of nitrogens with zero attached hydrogens (tertiary/aromatic N) is 2. The van der Waals surface area contributed by atoms with Crippen LogP contribution in [0.15, 0.2) is 175 Å². The van der Waals surface area contributed by atoms with Crippen molar-refractivity contribution in [3.05, 3.63) is 192 Å². The van der Waals surface area contributed by atoms with Crippen LogP contribution in [-0.2, 0) is 5.41 Å². The normalized spacial score (nSPS) is 13.5. The minimum Gasteiger partial charge on any atom is -0.455 e. The molecule has 3 heterocycles. The van der Waals surface area contributed by atoms with Crippen LogP contribution in [0.3, 0.4) is 0 Å². The predicted octanol–water partition coefficient (Wildman–Crippen LogP) is 12.4. The van der Waals surface area contributed by atoms with Crippen LogP contribution in [-0.4, -0.2) is 9.97 Å². The molecule has 0 radical (unpaired) electrons. The fourth-order valence-corrected chi connectivity index (χ4v) is 9.63. The van der Waals surface area contributed by atoms with Gasteiger partial charge in [0.25, 0.3) is 0 Å². The highest BCUT2D eigenvalue weighted by Gasteiger charge is 2.54. The van der Waals surface area contributed by atoms with Crippen LogP contribution in [0.2, 0.25) is 0 Å². The van der Waals surface area contributed by atoms with E-state index >= 15 is 0 Å². The van der Waals surface area contributed by atoms with E-state index in [0.717, 1.165) is 44.5 Å². The van der Waals surface area contributed by atoms with E-state index in [2.05, 4.69) is 146 Å². The number of aromatic nitrogens is 2. The van der Waals surface area contributed by atoms with Gasteiger partial charge in [-0.1, -0.05) is 115 Å². The van der Waals surface area contributed by atoms with Gasteiger partial charge >= 0.3 is 0 Å². The molecule has 0 atom stereocenters. The summed E-state index contributed by atoms with van der Waals surface area (Å²) in [5, 5.41) is 7.09.